The number of nitrogens with one attached hydrogen (secondary N) is 2. The summed E-state index contributed by atoms with van der Waals surface area (Å²) in [5.41, 5.74) is 0. The van der Waals surface area contributed by atoms with E-state index in [1.807, 2.05) is 0 Å². The van der Waals surface area contributed by atoms with Crippen molar-refractivity contribution < 1.29 is 9.47 Å². The Morgan fingerprint density at radius 2 is 2.00 bits per heavy atom. The van der Waals surface area contributed by atoms with Crippen LogP contribution in [0.5, 0.6) is 0 Å². The van der Waals surface area contributed by atoms with Gasteiger partial charge in [0.25, 0.3) is 0 Å². The van der Waals surface area contributed by atoms with Crippen LogP contribution in [0, 0.1) is 0 Å². The van der Waals surface area contributed by atoms with Gasteiger partial charge >= 0.3 is 0 Å². The molecule has 3 aliphatic rings. The molecule has 96 valence electrons. The normalized spacial score (nSPS) is 36.5. The van der Waals surface area contributed by atoms with Crippen molar-refractivity contribution in [3.63, 3.8) is 0 Å². The molecule has 0 aromatic carbocycles. The topological polar surface area (TPSA) is 42.5 Å². The number of hydrogen-bond acceptors (Lipinski definition) is 4. The van der Waals surface area contributed by atoms with Crippen LogP contribution in [0.4, 0.5) is 0 Å². The van der Waals surface area contributed by atoms with Gasteiger partial charge in [0.1, 0.15) is 0 Å². The van der Waals surface area contributed by atoms with Crippen molar-refractivity contribution in [3.8, 4) is 0 Å². The van der Waals surface area contributed by atoms with Crippen LogP contribution in [0.25, 0.3) is 0 Å². The van der Waals surface area contributed by atoms with Crippen LogP contribution in [-0.4, -0.2) is 44.2 Å². The molecule has 0 aromatic rings. The Hall–Kier alpha value is -0.420. The average Bonchev–Trinajstić information content (AvgIpc) is 2.79. The Balaban J connectivity index is 1.54. The maximum atomic E-state index is 5.80. The summed E-state index contributed by atoms with van der Waals surface area (Å²) in [5.74, 6) is -0.263. The Morgan fingerprint density at radius 3 is 2.76 bits per heavy atom. The van der Waals surface area contributed by atoms with E-state index < -0.39 is 0 Å². The highest BCUT2D eigenvalue weighted by Gasteiger charge is 2.41. The fraction of sp³-hybridized carbons (Fsp3) is 0.846. The van der Waals surface area contributed by atoms with Crippen molar-refractivity contribution in [1.29, 1.82) is 0 Å². The van der Waals surface area contributed by atoms with Crippen LogP contribution < -0.4 is 10.6 Å². The fourth-order valence-electron chi connectivity index (χ4n) is 3.13. The summed E-state index contributed by atoms with van der Waals surface area (Å²) in [5, 5.41) is 7.13. The zero-order valence-corrected chi connectivity index (χ0v) is 10.3. The van der Waals surface area contributed by atoms with E-state index in [9.17, 15) is 0 Å². The maximum Gasteiger partial charge on any atom is 0.171 e. The van der Waals surface area contributed by atoms with Crippen molar-refractivity contribution in [2.75, 3.05) is 26.3 Å². The Bertz CT molecular complexity index is 287. The van der Waals surface area contributed by atoms with Gasteiger partial charge in [-0.3, -0.25) is 0 Å². The molecule has 2 fully saturated rings. The van der Waals surface area contributed by atoms with Crippen molar-refractivity contribution in [2.24, 2.45) is 0 Å². The van der Waals surface area contributed by atoms with Gasteiger partial charge in [-0.05, 0) is 12.8 Å². The summed E-state index contributed by atoms with van der Waals surface area (Å²) >= 11 is 0. The van der Waals surface area contributed by atoms with Gasteiger partial charge in [-0.25, -0.2) is 0 Å². The quantitative estimate of drug-likeness (QED) is 0.698. The molecule has 0 radical (unpaired) electrons. The third-order valence-corrected chi connectivity index (χ3v) is 3.99. The standard InChI is InChI=1S/C13H22N2O2/c1-2-5-14-11(3-1)9-12-10-13(4-6-15-12)16-7-8-17-13/h1-2,11-12,14-15H,3-10H2. The van der Waals surface area contributed by atoms with E-state index in [1.54, 1.807) is 0 Å². The summed E-state index contributed by atoms with van der Waals surface area (Å²) < 4.78 is 11.6. The van der Waals surface area contributed by atoms with E-state index in [0.29, 0.717) is 12.1 Å². The van der Waals surface area contributed by atoms with Gasteiger partial charge in [-0.2, -0.15) is 0 Å². The summed E-state index contributed by atoms with van der Waals surface area (Å²) in [7, 11) is 0. The SMILES string of the molecule is C1=CCC(CC2CC3(CCN2)OCCO3)NC1. The summed E-state index contributed by atoms with van der Waals surface area (Å²) in [6.07, 6.45) is 8.78. The number of piperidine rings is 1. The zero-order valence-electron chi connectivity index (χ0n) is 10.3. The fourth-order valence-corrected chi connectivity index (χ4v) is 3.13. The first kappa shape index (κ1) is 11.7. The van der Waals surface area contributed by atoms with Crippen molar-refractivity contribution in [2.45, 2.75) is 43.6 Å². The van der Waals surface area contributed by atoms with Crippen LogP contribution >= 0.6 is 0 Å². The van der Waals surface area contributed by atoms with Gasteiger partial charge in [-0.15, -0.1) is 0 Å². The highest BCUT2D eigenvalue weighted by molar-refractivity contribution is 4.97. The van der Waals surface area contributed by atoms with Crippen LogP contribution in [0.15, 0.2) is 12.2 Å². The molecule has 3 rings (SSSR count). The van der Waals surface area contributed by atoms with Gasteiger partial charge in [0.2, 0.25) is 0 Å². The van der Waals surface area contributed by atoms with E-state index in [-0.39, 0.29) is 5.79 Å². The molecule has 0 aromatic heterocycles. The number of rotatable bonds is 2. The molecule has 0 saturated carbocycles. The van der Waals surface area contributed by atoms with Gasteiger partial charge < -0.3 is 20.1 Å². The van der Waals surface area contributed by atoms with E-state index in [0.717, 1.165) is 45.6 Å². The first-order valence-electron chi connectivity index (χ1n) is 6.76. The predicted octanol–water partition coefficient (Wildman–Crippen LogP) is 0.790. The minimum atomic E-state index is -0.263. The van der Waals surface area contributed by atoms with Gasteiger partial charge in [0.15, 0.2) is 5.79 Å². The average molecular weight is 238 g/mol. The number of hydrogen-bond donors (Lipinski definition) is 2. The molecule has 4 heteroatoms. The Labute approximate surface area is 103 Å². The molecule has 2 unspecified atom stereocenters. The molecule has 1 spiro atoms. The molecule has 0 bridgehead atoms. The molecule has 4 nitrogen and oxygen atoms in total. The third kappa shape index (κ3) is 2.71. The lowest BCUT2D eigenvalue weighted by Crippen LogP contribution is -2.51. The molecule has 17 heavy (non-hydrogen) atoms. The van der Waals surface area contributed by atoms with Gasteiger partial charge in [0.05, 0.1) is 13.2 Å². The lowest BCUT2D eigenvalue weighted by atomic mass is 9.91. The molecule has 2 saturated heterocycles. The summed E-state index contributed by atoms with van der Waals surface area (Å²) in [4.78, 5) is 0. The molecular weight excluding hydrogens is 216 g/mol. The van der Waals surface area contributed by atoms with E-state index in [4.69, 9.17) is 9.47 Å². The van der Waals surface area contributed by atoms with Crippen LogP contribution in [-0.2, 0) is 9.47 Å². The Morgan fingerprint density at radius 1 is 1.12 bits per heavy atom. The molecular formula is C13H22N2O2. The zero-order chi connectivity index (χ0) is 11.6. The van der Waals surface area contributed by atoms with Crippen molar-refractivity contribution >= 4 is 0 Å². The van der Waals surface area contributed by atoms with Gasteiger partial charge in [-0.1, -0.05) is 12.2 Å². The minimum absolute atomic E-state index is 0.263. The van der Waals surface area contributed by atoms with E-state index in [2.05, 4.69) is 22.8 Å². The Kier molecular flexibility index (Phi) is 3.47. The lowest BCUT2D eigenvalue weighted by molar-refractivity contribution is -0.180. The molecule has 2 N–H and O–H groups in total. The highest BCUT2D eigenvalue weighted by atomic mass is 16.7. The molecule has 2 atom stereocenters. The van der Waals surface area contributed by atoms with Crippen LogP contribution in [0.1, 0.15) is 25.7 Å². The van der Waals surface area contributed by atoms with E-state index >= 15 is 0 Å². The third-order valence-electron chi connectivity index (χ3n) is 3.99. The van der Waals surface area contributed by atoms with Gasteiger partial charge in [0, 0.05) is 38.0 Å². The first-order chi connectivity index (χ1) is 8.36. The maximum absolute atomic E-state index is 5.80. The van der Waals surface area contributed by atoms with Crippen LogP contribution in [0.2, 0.25) is 0 Å². The highest BCUT2D eigenvalue weighted by Crippen LogP contribution is 2.32. The van der Waals surface area contributed by atoms with Crippen molar-refractivity contribution in [3.05, 3.63) is 12.2 Å². The second kappa shape index (κ2) is 5.06. The molecule has 3 heterocycles. The van der Waals surface area contributed by atoms with Crippen molar-refractivity contribution in [1.82, 2.24) is 10.6 Å². The predicted molar refractivity (Wildman–Crippen MR) is 65.8 cm³/mol. The minimum Gasteiger partial charge on any atom is -0.347 e. The molecule has 0 aliphatic carbocycles. The summed E-state index contributed by atoms with van der Waals surface area (Å²) in [6.45, 7) is 3.54. The van der Waals surface area contributed by atoms with Crippen LogP contribution in [0.3, 0.4) is 0 Å². The largest absolute Gasteiger partial charge is 0.347 e. The summed E-state index contributed by atoms with van der Waals surface area (Å²) in [6, 6.07) is 1.12. The monoisotopic (exact) mass is 238 g/mol. The second-order valence-corrected chi connectivity index (χ2v) is 5.26. The van der Waals surface area contributed by atoms with E-state index in [1.165, 1.54) is 6.42 Å². The molecule has 0 amide bonds. The molecule has 3 aliphatic heterocycles. The smallest absolute Gasteiger partial charge is 0.171 e. The first-order valence-corrected chi connectivity index (χ1v) is 6.76. The number of ether oxygens (including phenoxy) is 2. The lowest BCUT2D eigenvalue weighted by Gasteiger charge is -2.38. The second-order valence-electron chi connectivity index (χ2n) is 5.26.